The minimum atomic E-state index is -0.544. The summed E-state index contributed by atoms with van der Waals surface area (Å²) in [6, 6.07) is 14.0. The molecule has 1 aliphatic heterocycles. The number of ether oxygens (including phenoxy) is 1. The standard InChI is InChI=1S/C19H18BNO4/c1-19(2)12-23-20(24-13-19)18-8-7-17(9-15(18)11-22)25-16-5-3-14(10-21)4-6-16/h3-9,11H,12-13H2,1-2H3. The van der Waals surface area contributed by atoms with Gasteiger partial charge in [0.1, 0.15) is 17.8 Å². The molecule has 5 nitrogen and oxygen atoms in total. The minimum absolute atomic E-state index is 0.0313. The van der Waals surface area contributed by atoms with Crippen LogP contribution in [-0.4, -0.2) is 26.6 Å². The van der Waals surface area contributed by atoms with Crippen LogP contribution in [0.25, 0.3) is 0 Å². The van der Waals surface area contributed by atoms with E-state index in [2.05, 4.69) is 19.9 Å². The van der Waals surface area contributed by atoms with Crippen molar-refractivity contribution in [3.63, 3.8) is 0 Å². The van der Waals surface area contributed by atoms with Crippen LogP contribution in [0.5, 0.6) is 11.5 Å². The molecule has 0 spiro atoms. The highest BCUT2D eigenvalue weighted by atomic mass is 16.6. The first kappa shape index (κ1) is 17.2. The zero-order chi connectivity index (χ0) is 17.9. The molecule has 1 heterocycles. The number of hydrogen-bond acceptors (Lipinski definition) is 5. The molecule has 0 atom stereocenters. The number of carbonyl (C=O) groups is 1. The highest BCUT2D eigenvalue weighted by Crippen LogP contribution is 2.24. The van der Waals surface area contributed by atoms with Gasteiger partial charge in [-0.2, -0.15) is 5.26 Å². The second-order valence-corrected chi connectivity index (χ2v) is 6.76. The van der Waals surface area contributed by atoms with Crippen molar-refractivity contribution < 1.29 is 18.8 Å². The number of nitriles is 1. The van der Waals surface area contributed by atoms with Crippen molar-refractivity contribution in [1.29, 1.82) is 5.26 Å². The first-order chi connectivity index (χ1) is 12.0. The molecular formula is C19H18BNO4. The molecule has 1 aliphatic rings. The summed E-state index contributed by atoms with van der Waals surface area (Å²) in [5.41, 5.74) is 1.69. The highest BCUT2D eigenvalue weighted by molar-refractivity contribution is 6.62. The number of rotatable bonds is 4. The van der Waals surface area contributed by atoms with Gasteiger partial charge in [-0.25, -0.2) is 0 Å². The van der Waals surface area contributed by atoms with Crippen molar-refractivity contribution in [3.05, 3.63) is 53.6 Å². The van der Waals surface area contributed by atoms with Crippen LogP contribution in [-0.2, 0) is 9.31 Å². The van der Waals surface area contributed by atoms with Crippen molar-refractivity contribution in [2.75, 3.05) is 13.2 Å². The van der Waals surface area contributed by atoms with E-state index >= 15 is 0 Å². The molecule has 3 rings (SSSR count). The maximum absolute atomic E-state index is 11.5. The average Bonchev–Trinajstić information content (AvgIpc) is 2.62. The van der Waals surface area contributed by atoms with Crippen LogP contribution in [0, 0.1) is 16.7 Å². The van der Waals surface area contributed by atoms with Crippen molar-refractivity contribution in [2.24, 2.45) is 5.41 Å². The molecule has 2 aromatic carbocycles. The second-order valence-electron chi connectivity index (χ2n) is 6.76. The summed E-state index contributed by atoms with van der Waals surface area (Å²) in [5, 5.41) is 8.82. The first-order valence-corrected chi connectivity index (χ1v) is 8.01. The smallest absolute Gasteiger partial charge is 0.457 e. The Morgan fingerprint density at radius 1 is 1.12 bits per heavy atom. The maximum atomic E-state index is 11.5. The van der Waals surface area contributed by atoms with Crippen molar-refractivity contribution in [3.8, 4) is 17.6 Å². The molecule has 126 valence electrons. The van der Waals surface area contributed by atoms with E-state index in [0.717, 1.165) is 6.29 Å². The Bertz CT molecular complexity index is 801. The number of nitrogens with zero attached hydrogens (tertiary/aromatic N) is 1. The van der Waals surface area contributed by atoms with Gasteiger partial charge in [-0.05, 0) is 41.9 Å². The van der Waals surface area contributed by atoms with Gasteiger partial charge >= 0.3 is 7.12 Å². The molecule has 1 fully saturated rings. The largest absolute Gasteiger partial charge is 0.494 e. The summed E-state index contributed by atoms with van der Waals surface area (Å²) in [6.45, 7) is 5.27. The molecule has 0 bridgehead atoms. The monoisotopic (exact) mass is 335 g/mol. The Kier molecular flexibility index (Phi) is 4.89. The molecule has 0 aliphatic carbocycles. The van der Waals surface area contributed by atoms with E-state index in [-0.39, 0.29) is 5.41 Å². The van der Waals surface area contributed by atoms with Crippen LogP contribution in [0.2, 0.25) is 0 Å². The Labute approximate surface area is 147 Å². The van der Waals surface area contributed by atoms with Crippen molar-refractivity contribution in [2.45, 2.75) is 13.8 Å². The Morgan fingerprint density at radius 3 is 2.36 bits per heavy atom. The van der Waals surface area contributed by atoms with E-state index in [1.807, 2.05) is 0 Å². The normalized spacial score (nSPS) is 16.1. The number of aldehydes is 1. The summed E-state index contributed by atoms with van der Waals surface area (Å²) >= 11 is 0. The molecule has 0 amide bonds. The zero-order valence-corrected chi connectivity index (χ0v) is 14.2. The number of carbonyl (C=O) groups excluding carboxylic acids is 1. The molecule has 0 radical (unpaired) electrons. The Morgan fingerprint density at radius 2 is 1.76 bits per heavy atom. The van der Waals surface area contributed by atoms with E-state index < -0.39 is 7.12 Å². The van der Waals surface area contributed by atoms with Crippen LogP contribution < -0.4 is 10.2 Å². The molecule has 0 N–H and O–H groups in total. The zero-order valence-electron chi connectivity index (χ0n) is 14.2. The third-order valence-corrected chi connectivity index (χ3v) is 3.91. The maximum Gasteiger partial charge on any atom is 0.494 e. The molecule has 0 unspecified atom stereocenters. The van der Waals surface area contributed by atoms with Gasteiger partial charge in [-0.15, -0.1) is 0 Å². The molecule has 2 aromatic rings. The van der Waals surface area contributed by atoms with Crippen LogP contribution in [0.3, 0.4) is 0 Å². The summed E-state index contributed by atoms with van der Waals surface area (Å²) in [7, 11) is -0.544. The Balaban J connectivity index is 1.77. The van der Waals surface area contributed by atoms with Crippen LogP contribution in [0.4, 0.5) is 0 Å². The van der Waals surface area contributed by atoms with Crippen LogP contribution >= 0.6 is 0 Å². The topological polar surface area (TPSA) is 68.5 Å². The summed E-state index contributed by atoms with van der Waals surface area (Å²) in [6.07, 6.45) is 0.771. The summed E-state index contributed by atoms with van der Waals surface area (Å²) in [5.74, 6) is 1.13. The van der Waals surface area contributed by atoms with Gasteiger partial charge < -0.3 is 14.0 Å². The highest BCUT2D eigenvalue weighted by Gasteiger charge is 2.34. The van der Waals surface area contributed by atoms with Gasteiger partial charge in [-0.3, -0.25) is 4.79 Å². The van der Waals surface area contributed by atoms with Crippen LogP contribution in [0.15, 0.2) is 42.5 Å². The van der Waals surface area contributed by atoms with E-state index in [1.165, 1.54) is 0 Å². The van der Waals surface area contributed by atoms with Gasteiger partial charge in [0, 0.05) is 24.2 Å². The predicted octanol–water partition coefficient (Wildman–Crippen LogP) is 2.93. The quantitative estimate of drug-likeness (QED) is 0.635. The fourth-order valence-corrected chi connectivity index (χ4v) is 2.54. The number of hydrogen-bond donors (Lipinski definition) is 0. The van der Waals surface area contributed by atoms with E-state index in [1.54, 1.807) is 42.5 Å². The first-order valence-electron chi connectivity index (χ1n) is 8.01. The lowest BCUT2D eigenvalue weighted by Crippen LogP contribution is -2.48. The van der Waals surface area contributed by atoms with Gasteiger partial charge in [-0.1, -0.05) is 19.9 Å². The second kappa shape index (κ2) is 7.10. The van der Waals surface area contributed by atoms with E-state index in [9.17, 15) is 4.79 Å². The number of benzene rings is 2. The van der Waals surface area contributed by atoms with Crippen LogP contribution in [0.1, 0.15) is 29.8 Å². The van der Waals surface area contributed by atoms with Gasteiger partial charge in [0.25, 0.3) is 0 Å². The Hall–Kier alpha value is -2.62. The SMILES string of the molecule is CC1(C)COB(c2ccc(Oc3ccc(C#N)cc3)cc2C=O)OC1. The van der Waals surface area contributed by atoms with Gasteiger partial charge in [0.2, 0.25) is 0 Å². The van der Waals surface area contributed by atoms with E-state index in [4.69, 9.17) is 19.3 Å². The van der Waals surface area contributed by atoms with Gasteiger partial charge in [0.05, 0.1) is 11.6 Å². The van der Waals surface area contributed by atoms with Crippen molar-refractivity contribution in [1.82, 2.24) is 0 Å². The summed E-state index contributed by atoms with van der Waals surface area (Å²) in [4.78, 5) is 11.5. The molecule has 25 heavy (non-hydrogen) atoms. The molecule has 0 saturated carbocycles. The average molecular weight is 335 g/mol. The lowest BCUT2D eigenvalue weighted by molar-refractivity contribution is 0.0342. The molecule has 6 heteroatoms. The fraction of sp³-hybridized carbons (Fsp3) is 0.263. The molecule has 1 saturated heterocycles. The lowest BCUT2D eigenvalue weighted by atomic mass is 9.73. The van der Waals surface area contributed by atoms with Gasteiger partial charge in [0.15, 0.2) is 0 Å². The third-order valence-electron chi connectivity index (χ3n) is 3.91. The van der Waals surface area contributed by atoms with Crippen molar-refractivity contribution >= 4 is 18.9 Å². The predicted molar refractivity (Wildman–Crippen MR) is 94.1 cm³/mol. The molecule has 0 aromatic heterocycles. The van der Waals surface area contributed by atoms with E-state index in [0.29, 0.717) is 41.3 Å². The third kappa shape index (κ3) is 4.08. The fourth-order valence-electron chi connectivity index (χ4n) is 2.54. The minimum Gasteiger partial charge on any atom is -0.457 e. The summed E-state index contributed by atoms with van der Waals surface area (Å²) < 4.78 is 17.3. The molecular weight excluding hydrogens is 317 g/mol. The lowest BCUT2D eigenvalue weighted by Gasteiger charge is -2.33.